The highest BCUT2D eigenvalue weighted by Crippen LogP contribution is 2.37. The minimum Gasteiger partial charge on any atom is -0.379 e. The predicted octanol–water partition coefficient (Wildman–Crippen LogP) is 2.15. The van der Waals surface area contributed by atoms with E-state index in [2.05, 4.69) is 11.4 Å². The van der Waals surface area contributed by atoms with Gasteiger partial charge in [0.1, 0.15) is 6.54 Å². The zero-order valence-corrected chi connectivity index (χ0v) is 19.7. The first-order valence-corrected chi connectivity index (χ1v) is 13.5. The Kier molecular flexibility index (Phi) is 7.55. The number of allylic oxidation sites excluding steroid dienone is 1. The summed E-state index contributed by atoms with van der Waals surface area (Å²) in [6.45, 7) is 1.75. The molecule has 0 bridgehead atoms. The molecule has 0 radical (unpaired) electrons. The number of hydrogen-bond donors (Lipinski definition) is 1. The molecule has 1 aromatic rings. The molecule has 0 aromatic heterocycles. The van der Waals surface area contributed by atoms with Gasteiger partial charge in [-0.2, -0.15) is 4.31 Å². The summed E-state index contributed by atoms with van der Waals surface area (Å²) in [7, 11) is -3.69. The van der Waals surface area contributed by atoms with Gasteiger partial charge in [0.25, 0.3) is 0 Å². The quantitative estimate of drug-likeness (QED) is 0.602. The summed E-state index contributed by atoms with van der Waals surface area (Å²) >= 11 is 1.36. The van der Waals surface area contributed by atoms with Crippen LogP contribution in [0.15, 0.2) is 39.6 Å². The Labute approximate surface area is 193 Å². The number of hydrogen-bond acceptors (Lipinski definition) is 6. The first kappa shape index (κ1) is 23.3. The summed E-state index contributed by atoms with van der Waals surface area (Å²) in [5, 5.41) is 2.90. The van der Waals surface area contributed by atoms with Crippen molar-refractivity contribution in [3.8, 4) is 0 Å². The molecule has 2 aliphatic heterocycles. The number of anilines is 1. The average molecular weight is 480 g/mol. The molecule has 0 saturated carbocycles. The summed E-state index contributed by atoms with van der Waals surface area (Å²) in [6.07, 6.45) is 7.71. The Morgan fingerprint density at radius 1 is 1.19 bits per heavy atom. The number of carbonyl (C=O) groups excluding carboxylic acids is 2. The number of rotatable bonds is 7. The number of fused-ring (bicyclic) bond motifs is 1. The number of carbonyl (C=O) groups is 2. The monoisotopic (exact) mass is 479 g/mol. The molecular weight excluding hydrogens is 450 g/mol. The van der Waals surface area contributed by atoms with Gasteiger partial charge in [0.15, 0.2) is 0 Å². The van der Waals surface area contributed by atoms with E-state index in [1.54, 1.807) is 12.1 Å². The van der Waals surface area contributed by atoms with Crippen LogP contribution in [-0.2, 0) is 24.3 Å². The van der Waals surface area contributed by atoms with Crippen molar-refractivity contribution in [3.63, 3.8) is 0 Å². The number of benzene rings is 1. The van der Waals surface area contributed by atoms with Crippen molar-refractivity contribution in [2.75, 3.05) is 50.0 Å². The Morgan fingerprint density at radius 3 is 2.75 bits per heavy atom. The van der Waals surface area contributed by atoms with Gasteiger partial charge in [-0.1, -0.05) is 11.6 Å². The van der Waals surface area contributed by atoms with Crippen LogP contribution >= 0.6 is 11.8 Å². The van der Waals surface area contributed by atoms with Crippen LogP contribution in [0.5, 0.6) is 0 Å². The first-order chi connectivity index (χ1) is 15.4. The van der Waals surface area contributed by atoms with E-state index in [1.807, 2.05) is 0 Å². The lowest BCUT2D eigenvalue weighted by atomic mass is 9.97. The molecule has 1 N–H and O–H groups in total. The SMILES string of the molecule is O=C(CN1C(=O)CSc2ccc(S(=O)(=O)N3CCOCC3)cc21)NCCC1=CCCCC1. The van der Waals surface area contributed by atoms with Gasteiger partial charge in [0, 0.05) is 24.5 Å². The van der Waals surface area contributed by atoms with Crippen LogP contribution in [0.1, 0.15) is 32.1 Å². The molecule has 1 saturated heterocycles. The second kappa shape index (κ2) is 10.4. The van der Waals surface area contributed by atoms with Crippen LogP contribution in [-0.4, -0.2) is 69.7 Å². The molecule has 0 atom stereocenters. The summed E-state index contributed by atoms with van der Waals surface area (Å²) < 4.78 is 32.8. The van der Waals surface area contributed by atoms with E-state index in [-0.39, 0.29) is 29.0 Å². The average Bonchev–Trinajstić information content (AvgIpc) is 2.82. The van der Waals surface area contributed by atoms with E-state index in [0.717, 1.165) is 24.2 Å². The first-order valence-electron chi connectivity index (χ1n) is 11.0. The molecule has 1 fully saturated rings. The van der Waals surface area contributed by atoms with Gasteiger partial charge in [-0.05, 0) is 50.3 Å². The molecule has 0 unspecified atom stereocenters. The fourth-order valence-corrected chi connectivity index (χ4v) is 6.49. The molecule has 1 aliphatic carbocycles. The van der Waals surface area contributed by atoms with Gasteiger partial charge in [-0.25, -0.2) is 8.42 Å². The maximum Gasteiger partial charge on any atom is 0.243 e. The Morgan fingerprint density at radius 2 is 2.00 bits per heavy atom. The second-order valence-corrected chi connectivity index (χ2v) is 11.1. The van der Waals surface area contributed by atoms with E-state index in [4.69, 9.17) is 4.74 Å². The van der Waals surface area contributed by atoms with Crippen molar-refractivity contribution < 1.29 is 22.7 Å². The Balaban J connectivity index is 1.46. The number of amides is 2. The van der Waals surface area contributed by atoms with Gasteiger partial charge >= 0.3 is 0 Å². The maximum atomic E-state index is 13.1. The third kappa shape index (κ3) is 5.36. The normalized spacial score (nSPS) is 19.9. The van der Waals surface area contributed by atoms with Crippen molar-refractivity contribution in [2.24, 2.45) is 0 Å². The van der Waals surface area contributed by atoms with Crippen molar-refractivity contribution in [1.29, 1.82) is 0 Å². The molecule has 32 heavy (non-hydrogen) atoms. The zero-order chi connectivity index (χ0) is 22.6. The van der Waals surface area contributed by atoms with E-state index < -0.39 is 10.0 Å². The van der Waals surface area contributed by atoms with Gasteiger partial charge in [-0.15, -0.1) is 11.8 Å². The molecule has 2 amide bonds. The van der Waals surface area contributed by atoms with E-state index >= 15 is 0 Å². The zero-order valence-electron chi connectivity index (χ0n) is 18.0. The summed E-state index contributed by atoms with van der Waals surface area (Å²) in [5.41, 5.74) is 1.86. The highest BCUT2D eigenvalue weighted by atomic mass is 32.2. The van der Waals surface area contributed by atoms with Crippen molar-refractivity contribution in [1.82, 2.24) is 9.62 Å². The highest BCUT2D eigenvalue weighted by Gasteiger charge is 2.31. The largest absolute Gasteiger partial charge is 0.379 e. The van der Waals surface area contributed by atoms with Crippen LogP contribution in [0, 0.1) is 0 Å². The highest BCUT2D eigenvalue weighted by molar-refractivity contribution is 8.00. The lowest BCUT2D eigenvalue weighted by Crippen LogP contribution is -2.44. The van der Waals surface area contributed by atoms with E-state index in [0.29, 0.717) is 38.5 Å². The van der Waals surface area contributed by atoms with Gasteiger partial charge < -0.3 is 15.0 Å². The molecule has 1 aromatic carbocycles. The Bertz CT molecular complexity index is 1000. The van der Waals surface area contributed by atoms with Crippen LogP contribution in [0.25, 0.3) is 0 Å². The number of nitrogens with one attached hydrogen (secondary N) is 1. The van der Waals surface area contributed by atoms with Crippen LogP contribution < -0.4 is 10.2 Å². The lowest BCUT2D eigenvalue weighted by Gasteiger charge is -2.30. The van der Waals surface area contributed by atoms with Crippen molar-refractivity contribution in [3.05, 3.63) is 29.8 Å². The molecule has 3 aliphatic rings. The predicted molar refractivity (Wildman–Crippen MR) is 123 cm³/mol. The van der Waals surface area contributed by atoms with E-state index in [9.17, 15) is 18.0 Å². The standard InChI is InChI=1S/C22H29N3O5S2/c26-21(23-9-8-17-4-2-1-3-5-17)15-25-19-14-18(6-7-20(19)31-16-22(25)27)32(28,29)24-10-12-30-13-11-24/h4,6-7,14H,1-3,5,8-13,15-16H2,(H,23,26). The molecular formula is C22H29N3O5S2. The fraction of sp³-hybridized carbons (Fsp3) is 0.545. The second-order valence-electron chi connectivity index (χ2n) is 8.12. The van der Waals surface area contributed by atoms with Gasteiger partial charge in [0.2, 0.25) is 21.8 Å². The van der Waals surface area contributed by atoms with Gasteiger partial charge in [-0.3, -0.25) is 9.59 Å². The molecule has 0 spiro atoms. The third-order valence-corrected chi connectivity index (χ3v) is 8.88. The molecule has 10 heteroatoms. The summed E-state index contributed by atoms with van der Waals surface area (Å²) in [5.74, 6) is -0.217. The van der Waals surface area contributed by atoms with Crippen LogP contribution in [0.2, 0.25) is 0 Å². The molecule has 2 heterocycles. The molecule has 174 valence electrons. The topological polar surface area (TPSA) is 96.0 Å². The number of thioether (sulfide) groups is 1. The summed E-state index contributed by atoms with van der Waals surface area (Å²) in [6, 6.07) is 4.81. The number of morpholine rings is 1. The smallest absolute Gasteiger partial charge is 0.243 e. The summed E-state index contributed by atoms with van der Waals surface area (Å²) in [4.78, 5) is 27.5. The van der Waals surface area contributed by atoms with E-state index in [1.165, 1.54) is 45.4 Å². The van der Waals surface area contributed by atoms with Crippen molar-refractivity contribution >= 4 is 39.3 Å². The minimum atomic E-state index is -3.69. The number of sulfonamides is 1. The number of nitrogens with zero attached hydrogens (tertiary/aromatic N) is 2. The van der Waals surface area contributed by atoms with Crippen LogP contribution in [0.3, 0.4) is 0 Å². The fourth-order valence-electron chi connectivity index (χ4n) is 4.15. The minimum absolute atomic E-state index is 0.119. The lowest BCUT2D eigenvalue weighted by molar-refractivity contribution is -0.122. The molecule has 4 rings (SSSR count). The Hall–Kier alpha value is -1.88. The van der Waals surface area contributed by atoms with Crippen molar-refractivity contribution in [2.45, 2.75) is 41.9 Å². The molecule has 8 nitrogen and oxygen atoms in total. The number of ether oxygens (including phenoxy) is 1. The van der Waals surface area contributed by atoms with Gasteiger partial charge in [0.05, 0.1) is 29.5 Å². The maximum absolute atomic E-state index is 13.1. The third-order valence-electron chi connectivity index (χ3n) is 5.94. The van der Waals surface area contributed by atoms with Crippen LogP contribution in [0.4, 0.5) is 5.69 Å².